The number of rotatable bonds is 5. The van der Waals surface area contributed by atoms with Gasteiger partial charge in [-0.2, -0.15) is 0 Å². The summed E-state index contributed by atoms with van der Waals surface area (Å²) < 4.78 is 22.2. The van der Waals surface area contributed by atoms with Crippen LogP contribution < -0.4 is 0 Å². The van der Waals surface area contributed by atoms with Gasteiger partial charge in [0.15, 0.2) is 0 Å². The average Bonchev–Trinajstić information content (AvgIpc) is 2.00. The molecule has 1 aliphatic carbocycles. The Balaban J connectivity index is 2.56. The van der Waals surface area contributed by atoms with Crippen LogP contribution in [-0.2, 0) is 18.4 Å². The Bertz CT molecular complexity index is 220. The second kappa shape index (κ2) is 4.36. The largest absolute Gasteiger partial charge is 0.334 e. The number of Topliss-reactive ketones (excluding diaryl/α,β-unsaturated/α-hetero) is 1. The van der Waals surface area contributed by atoms with Gasteiger partial charge in [0, 0.05) is 12.8 Å². The summed E-state index contributed by atoms with van der Waals surface area (Å²) in [6.45, 7) is 4.27. The summed E-state index contributed by atoms with van der Waals surface area (Å²) in [5, 5.41) is 0. The van der Waals surface area contributed by atoms with Gasteiger partial charge in [0.05, 0.1) is 18.9 Å². The van der Waals surface area contributed by atoms with Gasteiger partial charge in [-0.15, -0.1) is 0 Å². The standard InChI is InChI=1S/C8H15O4P/c1-3-11-13(10,12-4-2)8-5-7(9)6-8/h8H,3-6H2,1-2H3. The summed E-state index contributed by atoms with van der Waals surface area (Å²) in [6, 6.07) is 0. The van der Waals surface area contributed by atoms with Crippen LogP contribution in [0.2, 0.25) is 0 Å². The van der Waals surface area contributed by atoms with Gasteiger partial charge in [0.1, 0.15) is 5.78 Å². The van der Waals surface area contributed by atoms with Crippen molar-refractivity contribution in [3.8, 4) is 0 Å². The van der Waals surface area contributed by atoms with Crippen molar-refractivity contribution >= 4 is 13.4 Å². The third-order valence-corrected chi connectivity index (χ3v) is 4.49. The van der Waals surface area contributed by atoms with E-state index in [1.54, 1.807) is 13.8 Å². The maximum absolute atomic E-state index is 11.9. The molecule has 0 aromatic carbocycles. The molecule has 13 heavy (non-hydrogen) atoms. The lowest BCUT2D eigenvalue weighted by atomic mass is 9.98. The van der Waals surface area contributed by atoms with E-state index >= 15 is 0 Å². The fourth-order valence-electron chi connectivity index (χ4n) is 1.30. The van der Waals surface area contributed by atoms with Gasteiger partial charge >= 0.3 is 7.60 Å². The van der Waals surface area contributed by atoms with Crippen molar-refractivity contribution < 1.29 is 18.4 Å². The first-order chi connectivity index (χ1) is 6.12. The van der Waals surface area contributed by atoms with E-state index in [9.17, 15) is 9.36 Å². The zero-order valence-corrected chi connectivity index (χ0v) is 8.88. The quantitative estimate of drug-likeness (QED) is 0.645. The SMILES string of the molecule is CCOP(=O)(OCC)C1CC(=O)C1. The minimum absolute atomic E-state index is 0.143. The zero-order valence-electron chi connectivity index (χ0n) is 7.99. The molecule has 1 rings (SSSR count). The van der Waals surface area contributed by atoms with Crippen LogP contribution in [0.1, 0.15) is 26.7 Å². The highest BCUT2D eigenvalue weighted by molar-refractivity contribution is 7.54. The molecule has 0 unspecified atom stereocenters. The molecular formula is C8H15O4P. The zero-order chi connectivity index (χ0) is 9.90. The van der Waals surface area contributed by atoms with E-state index in [0.29, 0.717) is 26.1 Å². The minimum Gasteiger partial charge on any atom is -0.309 e. The average molecular weight is 206 g/mol. The third kappa shape index (κ3) is 2.39. The Labute approximate surface area is 78.1 Å². The number of carbonyl (C=O) groups excluding carboxylic acids is 1. The summed E-state index contributed by atoms with van der Waals surface area (Å²) in [4.78, 5) is 10.7. The first-order valence-electron chi connectivity index (χ1n) is 4.53. The molecule has 4 nitrogen and oxygen atoms in total. The van der Waals surface area contributed by atoms with Gasteiger partial charge in [-0.05, 0) is 13.8 Å². The van der Waals surface area contributed by atoms with E-state index in [2.05, 4.69) is 0 Å². The van der Waals surface area contributed by atoms with Crippen LogP contribution in [0.4, 0.5) is 0 Å². The van der Waals surface area contributed by atoms with Gasteiger partial charge < -0.3 is 9.05 Å². The third-order valence-electron chi connectivity index (χ3n) is 1.99. The van der Waals surface area contributed by atoms with Crippen molar-refractivity contribution in [3.05, 3.63) is 0 Å². The van der Waals surface area contributed by atoms with Crippen molar-refractivity contribution in [1.29, 1.82) is 0 Å². The van der Waals surface area contributed by atoms with Crippen LogP contribution in [0, 0.1) is 0 Å². The van der Waals surface area contributed by atoms with Gasteiger partial charge in [-0.1, -0.05) is 0 Å². The monoisotopic (exact) mass is 206 g/mol. The second-order valence-electron chi connectivity index (χ2n) is 2.98. The van der Waals surface area contributed by atoms with Crippen molar-refractivity contribution in [2.45, 2.75) is 32.3 Å². The Morgan fingerprint density at radius 2 is 1.77 bits per heavy atom. The predicted octanol–water partition coefficient (Wildman–Crippen LogP) is 1.98. The van der Waals surface area contributed by atoms with Gasteiger partial charge in [0.2, 0.25) is 0 Å². The van der Waals surface area contributed by atoms with E-state index < -0.39 is 7.60 Å². The highest BCUT2D eigenvalue weighted by Crippen LogP contribution is 2.58. The summed E-state index contributed by atoms with van der Waals surface area (Å²) in [5.41, 5.74) is -0.195. The van der Waals surface area contributed by atoms with E-state index in [4.69, 9.17) is 9.05 Å². The number of hydrogen-bond acceptors (Lipinski definition) is 4. The van der Waals surface area contributed by atoms with E-state index in [1.807, 2.05) is 0 Å². The number of hydrogen-bond donors (Lipinski definition) is 0. The van der Waals surface area contributed by atoms with Crippen LogP contribution in [-0.4, -0.2) is 24.7 Å². The maximum atomic E-state index is 11.9. The van der Waals surface area contributed by atoms with E-state index in [1.165, 1.54) is 0 Å². The molecule has 0 spiro atoms. The van der Waals surface area contributed by atoms with Gasteiger partial charge in [0.25, 0.3) is 0 Å². The van der Waals surface area contributed by atoms with Crippen LogP contribution in [0.3, 0.4) is 0 Å². The van der Waals surface area contributed by atoms with Crippen molar-refractivity contribution in [2.24, 2.45) is 0 Å². The van der Waals surface area contributed by atoms with Gasteiger partial charge in [-0.25, -0.2) is 0 Å². The molecule has 0 aliphatic heterocycles. The molecule has 0 atom stereocenters. The number of carbonyl (C=O) groups is 1. The summed E-state index contributed by atoms with van der Waals surface area (Å²) >= 11 is 0. The molecule has 0 amide bonds. The molecule has 1 saturated carbocycles. The van der Waals surface area contributed by atoms with Gasteiger partial charge in [-0.3, -0.25) is 9.36 Å². The molecule has 1 aliphatic rings. The van der Waals surface area contributed by atoms with Crippen molar-refractivity contribution in [2.75, 3.05) is 13.2 Å². The molecule has 1 fully saturated rings. The Hall–Kier alpha value is -0.180. The van der Waals surface area contributed by atoms with E-state index in [0.717, 1.165) is 0 Å². The Kier molecular flexibility index (Phi) is 3.65. The summed E-state index contributed by atoms with van der Waals surface area (Å²) in [7, 11) is -2.98. The molecule has 0 heterocycles. The lowest BCUT2D eigenvalue weighted by molar-refractivity contribution is -0.123. The maximum Gasteiger partial charge on any atom is 0.334 e. The normalized spacial score (nSPS) is 18.8. The first-order valence-corrected chi connectivity index (χ1v) is 6.14. The Morgan fingerprint density at radius 3 is 2.08 bits per heavy atom. The molecule has 0 aromatic rings. The molecule has 5 heteroatoms. The fraction of sp³-hybridized carbons (Fsp3) is 0.875. The van der Waals surface area contributed by atoms with Crippen LogP contribution in [0.25, 0.3) is 0 Å². The molecule has 0 N–H and O–H groups in total. The smallest absolute Gasteiger partial charge is 0.309 e. The number of ketones is 1. The van der Waals surface area contributed by atoms with Crippen LogP contribution in [0.15, 0.2) is 0 Å². The molecule has 0 aromatic heterocycles. The fourth-order valence-corrected chi connectivity index (χ4v) is 3.37. The Morgan fingerprint density at radius 1 is 1.31 bits per heavy atom. The second-order valence-corrected chi connectivity index (χ2v) is 5.30. The summed E-state index contributed by atoms with van der Waals surface area (Å²) in [6.07, 6.45) is 0.689. The molecule has 0 radical (unpaired) electrons. The highest BCUT2D eigenvalue weighted by Gasteiger charge is 2.44. The minimum atomic E-state index is -2.98. The molecule has 76 valence electrons. The topological polar surface area (TPSA) is 52.6 Å². The molecular weight excluding hydrogens is 191 g/mol. The molecule has 0 saturated heterocycles. The lowest BCUT2D eigenvalue weighted by Crippen LogP contribution is -2.30. The van der Waals surface area contributed by atoms with Crippen molar-refractivity contribution in [3.63, 3.8) is 0 Å². The lowest BCUT2D eigenvalue weighted by Gasteiger charge is -2.30. The summed E-state index contributed by atoms with van der Waals surface area (Å²) in [5.74, 6) is 0.143. The van der Waals surface area contributed by atoms with E-state index in [-0.39, 0.29) is 11.4 Å². The van der Waals surface area contributed by atoms with Crippen LogP contribution in [0.5, 0.6) is 0 Å². The first kappa shape index (κ1) is 10.9. The van der Waals surface area contributed by atoms with Crippen LogP contribution >= 0.6 is 7.60 Å². The highest BCUT2D eigenvalue weighted by atomic mass is 31.2. The van der Waals surface area contributed by atoms with Crippen molar-refractivity contribution in [1.82, 2.24) is 0 Å². The molecule has 0 bridgehead atoms. The predicted molar refractivity (Wildman–Crippen MR) is 48.9 cm³/mol.